The normalized spacial score (nSPS) is 18.4. The molecule has 92 valence electrons. The van der Waals surface area contributed by atoms with Gasteiger partial charge in [0.15, 0.2) is 0 Å². The lowest BCUT2D eigenvalue weighted by molar-refractivity contribution is -0.150. The monoisotopic (exact) mass is 251 g/mol. The van der Waals surface area contributed by atoms with Crippen molar-refractivity contribution in [3.63, 3.8) is 0 Å². The topological polar surface area (TPSA) is 40.5 Å². The van der Waals surface area contributed by atoms with Gasteiger partial charge in [-0.05, 0) is 36.4 Å². The molecule has 1 saturated heterocycles. The number of hydrogen-bond acceptors (Lipinski definition) is 3. The summed E-state index contributed by atoms with van der Waals surface area (Å²) in [6, 6.07) is 2.04. The Balaban J connectivity index is 1.91. The summed E-state index contributed by atoms with van der Waals surface area (Å²) < 4.78 is 0. The van der Waals surface area contributed by atoms with Crippen LogP contribution in [0.25, 0.3) is 6.08 Å². The van der Waals surface area contributed by atoms with Crippen LogP contribution in [0.1, 0.15) is 23.8 Å². The SMILES string of the molecule is CCC1(O)CN(C(=O)C=Cc2sccc2C)C1. The Morgan fingerprint density at radius 3 is 2.88 bits per heavy atom. The van der Waals surface area contributed by atoms with Crippen molar-refractivity contribution in [3.8, 4) is 0 Å². The standard InChI is InChI=1S/C13H17NO2S/c1-3-13(16)8-14(9-13)12(15)5-4-11-10(2)6-7-17-11/h4-7,16H,3,8-9H2,1-2H3. The van der Waals surface area contributed by atoms with Crippen LogP contribution in [0.4, 0.5) is 0 Å². The minimum atomic E-state index is -0.650. The number of nitrogens with zero attached hydrogens (tertiary/aromatic N) is 1. The summed E-state index contributed by atoms with van der Waals surface area (Å²) in [5, 5.41) is 11.8. The maximum atomic E-state index is 11.8. The third kappa shape index (κ3) is 2.58. The highest BCUT2D eigenvalue weighted by Gasteiger charge is 2.41. The fourth-order valence-electron chi connectivity index (χ4n) is 1.85. The van der Waals surface area contributed by atoms with Crippen LogP contribution in [0.2, 0.25) is 0 Å². The van der Waals surface area contributed by atoms with E-state index < -0.39 is 5.60 Å². The number of rotatable bonds is 3. The number of likely N-dealkylation sites (tertiary alicyclic amines) is 1. The lowest BCUT2D eigenvalue weighted by Gasteiger charge is -2.45. The van der Waals surface area contributed by atoms with E-state index in [9.17, 15) is 9.90 Å². The van der Waals surface area contributed by atoms with Gasteiger partial charge in [-0.1, -0.05) is 6.92 Å². The molecule has 0 bridgehead atoms. The maximum absolute atomic E-state index is 11.8. The second-order valence-electron chi connectivity index (χ2n) is 4.57. The van der Waals surface area contributed by atoms with Gasteiger partial charge in [-0.3, -0.25) is 4.79 Å². The van der Waals surface area contributed by atoms with Crippen LogP contribution in [0, 0.1) is 6.92 Å². The Labute approximate surface area is 105 Å². The van der Waals surface area contributed by atoms with Gasteiger partial charge in [0.05, 0.1) is 18.7 Å². The Bertz CT molecular complexity index is 444. The molecule has 1 fully saturated rings. The van der Waals surface area contributed by atoms with Crippen molar-refractivity contribution >= 4 is 23.3 Å². The van der Waals surface area contributed by atoms with Gasteiger partial charge in [-0.2, -0.15) is 0 Å². The first kappa shape index (κ1) is 12.3. The van der Waals surface area contributed by atoms with Crippen molar-refractivity contribution in [2.75, 3.05) is 13.1 Å². The zero-order valence-corrected chi connectivity index (χ0v) is 11.0. The second kappa shape index (κ2) is 4.63. The quantitative estimate of drug-likeness (QED) is 0.835. The van der Waals surface area contributed by atoms with E-state index in [0.29, 0.717) is 19.5 Å². The molecule has 0 atom stereocenters. The summed E-state index contributed by atoms with van der Waals surface area (Å²) in [4.78, 5) is 14.6. The van der Waals surface area contributed by atoms with Crippen LogP contribution >= 0.6 is 11.3 Å². The first-order valence-electron chi connectivity index (χ1n) is 5.77. The molecule has 0 radical (unpaired) electrons. The summed E-state index contributed by atoms with van der Waals surface area (Å²) in [6.07, 6.45) is 4.14. The molecule has 0 unspecified atom stereocenters. The number of aliphatic hydroxyl groups is 1. The Kier molecular flexibility index (Phi) is 3.35. The molecule has 1 aromatic heterocycles. The highest BCUT2D eigenvalue weighted by atomic mass is 32.1. The number of hydrogen-bond donors (Lipinski definition) is 1. The van der Waals surface area contributed by atoms with Crippen LogP contribution < -0.4 is 0 Å². The Morgan fingerprint density at radius 1 is 1.65 bits per heavy atom. The number of carbonyl (C=O) groups is 1. The number of β-amino-alcohol motifs (C(OH)–C–C–N with tert-alkyl or cyclic N) is 1. The lowest BCUT2D eigenvalue weighted by Crippen LogP contribution is -2.62. The van der Waals surface area contributed by atoms with E-state index in [0.717, 1.165) is 4.88 Å². The Hall–Kier alpha value is -1.13. The van der Waals surface area contributed by atoms with Crippen LogP contribution in [0.5, 0.6) is 0 Å². The predicted molar refractivity (Wildman–Crippen MR) is 69.9 cm³/mol. The summed E-state index contributed by atoms with van der Waals surface area (Å²) >= 11 is 1.63. The summed E-state index contributed by atoms with van der Waals surface area (Å²) in [7, 11) is 0. The molecule has 1 aromatic rings. The predicted octanol–water partition coefficient (Wildman–Crippen LogP) is 2.05. The zero-order valence-electron chi connectivity index (χ0n) is 10.1. The van der Waals surface area contributed by atoms with Gasteiger partial charge in [-0.15, -0.1) is 11.3 Å². The molecule has 1 amide bonds. The van der Waals surface area contributed by atoms with Crippen molar-refractivity contribution < 1.29 is 9.90 Å². The van der Waals surface area contributed by atoms with Crippen LogP contribution in [-0.2, 0) is 4.79 Å². The van der Waals surface area contributed by atoms with Crippen molar-refractivity contribution in [2.24, 2.45) is 0 Å². The molecule has 1 aliphatic rings. The molecule has 4 heteroatoms. The molecule has 0 aliphatic carbocycles. The van der Waals surface area contributed by atoms with Gasteiger partial charge in [0, 0.05) is 11.0 Å². The van der Waals surface area contributed by atoms with Gasteiger partial charge in [0.1, 0.15) is 0 Å². The average Bonchev–Trinajstić information content (AvgIpc) is 2.67. The number of aryl methyl sites for hydroxylation is 1. The van der Waals surface area contributed by atoms with Gasteiger partial charge in [0.2, 0.25) is 5.91 Å². The fraction of sp³-hybridized carbons (Fsp3) is 0.462. The van der Waals surface area contributed by atoms with E-state index in [4.69, 9.17) is 0 Å². The second-order valence-corrected chi connectivity index (χ2v) is 5.52. The minimum absolute atomic E-state index is 0.0177. The van der Waals surface area contributed by atoms with Crippen molar-refractivity contribution in [1.82, 2.24) is 4.90 Å². The van der Waals surface area contributed by atoms with E-state index in [1.165, 1.54) is 5.56 Å². The van der Waals surface area contributed by atoms with E-state index in [1.807, 2.05) is 31.4 Å². The molecular formula is C13H17NO2S. The number of amides is 1. The first-order chi connectivity index (χ1) is 8.04. The third-order valence-corrected chi connectivity index (χ3v) is 4.20. The lowest BCUT2D eigenvalue weighted by atomic mass is 9.91. The molecule has 0 aromatic carbocycles. The van der Waals surface area contributed by atoms with E-state index in [2.05, 4.69) is 0 Å². The molecule has 3 nitrogen and oxygen atoms in total. The van der Waals surface area contributed by atoms with Gasteiger partial charge < -0.3 is 10.0 Å². The zero-order chi connectivity index (χ0) is 12.5. The molecule has 0 spiro atoms. The fourth-order valence-corrected chi connectivity index (χ4v) is 2.67. The van der Waals surface area contributed by atoms with Crippen LogP contribution in [0.3, 0.4) is 0 Å². The van der Waals surface area contributed by atoms with Crippen molar-refractivity contribution in [3.05, 3.63) is 28.0 Å². The summed E-state index contributed by atoms with van der Waals surface area (Å²) in [6.45, 7) is 4.87. The molecule has 17 heavy (non-hydrogen) atoms. The molecule has 0 saturated carbocycles. The smallest absolute Gasteiger partial charge is 0.246 e. The maximum Gasteiger partial charge on any atom is 0.246 e. The third-order valence-electron chi connectivity index (χ3n) is 3.22. The van der Waals surface area contributed by atoms with Crippen molar-refractivity contribution in [2.45, 2.75) is 25.9 Å². The molecule has 1 N–H and O–H groups in total. The molecule has 2 rings (SSSR count). The van der Waals surface area contributed by atoms with Crippen LogP contribution in [-0.4, -0.2) is 34.6 Å². The minimum Gasteiger partial charge on any atom is -0.386 e. The first-order valence-corrected chi connectivity index (χ1v) is 6.65. The van der Waals surface area contributed by atoms with Gasteiger partial charge >= 0.3 is 0 Å². The van der Waals surface area contributed by atoms with E-state index in [1.54, 1.807) is 22.3 Å². The van der Waals surface area contributed by atoms with Gasteiger partial charge in [-0.25, -0.2) is 0 Å². The largest absolute Gasteiger partial charge is 0.386 e. The summed E-state index contributed by atoms with van der Waals surface area (Å²) in [5.41, 5.74) is 0.537. The highest BCUT2D eigenvalue weighted by Crippen LogP contribution is 2.24. The van der Waals surface area contributed by atoms with E-state index >= 15 is 0 Å². The summed E-state index contributed by atoms with van der Waals surface area (Å²) in [5.74, 6) is -0.0177. The van der Waals surface area contributed by atoms with Gasteiger partial charge in [0.25, 0.3) is 0 Å². The average molecular weight is 251 g/mol. The number of carbonyl (C=O) groups excluding carboxylic acids is 1. The van der Waals surface area contributed by atoms with Crippen molar-refractivity contribution in [1.29, 1.82) is 0 Å². The molecular weight excluding hydrogens is 234 g/mol. The van der Waals surface area contributed by atoms with E-state index in [-0.39, 0.29) is 5.91 Å². The molecule has 2 heterocycles. The molecule has 1 aliphatic heterocycles. The Morgan fingerprint density at radius 2 is 2.35 bits per heavy atom. The van der Waals surface area contributed by atoms with Crippen LogP contribution in [0.15, 0.2) is 17.5 Å². The highest BCUT2D eigenvalue weighted by molar-refractivity contribution is 7.11. The number of thiophene rings is 1.